The SMILES string of the molecule is CCC(C)CC(C)NC(=O)C1(C(C)C)CCNC1. The maximum atomic E-state index is 12.5. The predicted octanol–water partition coefficient (Wildman–Crippen LogP) is 2.56. The number of nitrogens with one attached hydrogen (secondary N) is 2. The van der Waals surface area contributed by atoms with E-state index in [1.807, 2.05) is 0 Å². The van der Waals surface area contributed by atoms with Gasteiger partial charge in [-0.15, -0.1) is 0 Å². The molecule has 0 aromatic heterocycles. The largest absolute Gasteiger partial charge is 0.353 e. The zero-order chi connectivity index (χ0) is 13.8. The van der Waals surface area contributed by atoms with Crippen molar-refractivity contribution in [1.29, 1.82) is 0 Å². The highest BCUT2D eigenvalue weighted by atomic mass is 16.2. The number of hydrogen-bond acceptors (Lipinski definition) is 2. The van der Waals surface area contributed by atoms with E-state index in [0.717, 1.165) is 25.9 Å². The molecule has 3 unspecified atom stereocenters. The van der Waals surface area contributed by atoms with Gasteiger partial charge < -0.3 is 10.6 Å². The van der Waals surface area contributed by atoms with Gasteiger partial charge in [0.25, 0.3) is 0 Å². The van der Waals surface area contributed by atoms with E-state index < -0.39 is 0 Å². The molecule has 3 heteroatoms. The molecule has 3 nitrogen and oxygen atoms in total. The Kier molecular flexibility index (Phi) is 5.64. The maximum absolute atomic E-state index is 12.5. The van der Waals surface area contributed by atoms with Crippen LogP contribution in [0, 0.1) is 17.3 Å². The van der Waals surface area contributed by atoms with Crippen LogP contribution in [-0.4, -0.2) is 25.0 Å². The van der Waals surface area contributed by atoms with E-state index in [-0.39, 0.29) is 17.4 Å². The molecule has 1 fully saturated rings. The van der Waals surface area contributed by atoms with Gasteiger partial charge in [-0.25, -0.2) is 0 Å². The van der Waals surface area contributed by atoms with Crippen molar-refractivity contribution in [1.82, 2.24) is 10.6 Å². The summed E-state index contributed by atoms with van der Waals surface area (Å²) in [6, 6.07) is 0.281. The van der Waals surface area contributed by atoms with Gasteiger partial charge in [-0.3, -0.25) is 4.79 Å². The molecule has 3 atom stereocenters. The molecular formula is C15H30N2O. The third-order valence-corrected chi connectivity index (χ3v) is 4.58. The Morgan fingerprint density at radius 3 is 2.44 bits per heavy atom. The lowest BCUT2D eigenvalue weighted by atomic mass is 9.75. The average molecular weight is 254 g/mol. The van der Waals surface area contributed by atoms with Crippen molar-refractivity contribution in [3.05, 3.63) is 0 Å². The summed E-state index contributed by atoms with van der Waals surface area (Å²) >= 11 is 0. The van der Waals surface area contributed by atoms with Crippen molar-refractivity contribution < 1.29 is 4.79 Å². The van der Waals surface area contributed by atoms with Gasteiger partial charge in [0.05, 0.1) is 5.41 Å². The topological polar surface area (TPSA) is 41.1 Å². The Balaban J connectivity index is 2.57. The van der Waals surface area contributed by atoms with Gasteiger partial charge in [-0.2, -0.15) is 0 Å². The summed E-state index contributed by atoms with van der Waals surface area (Å²) in [5.74, 6) is 1.32. The second kappa shape index (κ2) is 6.55. The first-order valence-electron chi connectivity index (χ1n) is 7.44. The molecule has 2 N–H and O–H groups in total. The van der Waals surface area contributed by atoms with Crippen LogP contribution in [0.3, 0.4) is 0 Å². The Morgan fingerprint density at radius 1 is 1.33 bits per heavy atom. The quantitative estimate of drug-likeness (QED) is 0.765. The van der Waals surface area contributed by atoms with Gasteiger partial charge in [0.1, 0.15) is 0 Å². The molecule has 0 aliphatic carbocycles. The lowest BCUT2D eigenvalue weighted by molar-refractivity contribution is -0.133. The van der Waals surface area contributed by atoms with Crippen LogP contribution in [0.1, 0.15) is 53.9 Å². The van der Waals surface area contributed by atoms with Crippen molar-refractivity contribution in [2.45, 2.75) is 59.9 Å². The Morgan fingerprint density at radius 2 is 2.00 bits per heavy atom. The average Bonchev–Trinajstić information content (AvgIpc) is 2.78. The first-order valence-corrected chi connectivity index (χ1v) is 7.44. The van der Waals surface area contributed by atoms with E-state index >= 15 is 0 Å². The van der Waals surface area contributed by atoms with Gasteiger partial charge in [0, 0.05) is 12.6 Å². The highest BCUT2D eigenvalue weighted by molar-refractivity contribution is 5.83. The number of hydrogen-bond donors (Lipinski definition) is 2. The molecule has 1 rings (SSSR count). The first kappa shape index (κ1) is 15.5. The zero-order valence-corrected chi connectivity index (χ0v) is 12.7. The number of carbonyl (C=O) groups is 1. The van der Waals surface area contributed by atoms with Crippen LogP contribution in [0.4, 0.5) is 0 Å². The molecule has 1 saturated heterocycles. The molecule has 0 aromatic rings. The van der Waals surface area contributed by atoms with Crippen LogP contribution in [0.2, 0.25) is 0 Å². The highest BCUT2D eigenvalue weighted by Crippen LogP contribution is 2.34. The fourth-order valence-corrected chi connectivity index (χ4v) is 2.86. The predicted molar refractivity (Wildman–Crippen MR) is 76.4 cm³/mol. The second-order valence-corrected chi connectivity index (χ2v) is 6.36. The fourth-order valence-electron chi connectivity index (χ4n) is 2.86. The molecule has 1 heterocycles. The van der Waals surface area contributed by atoms with Gasteiger partial charge in [-0.05, 0) is 38.1 Å². The maximum Gasteiger partial charge on any atom is 0.228 e. The van der Waals surface area contributed by atoms with Crippen LogP contribution in [0.5, 0.6) is 0 Å². The van der Waals surface area contributed by atoms with Crippen molar-refractivity contribution in [2.75, 3.05) is 13.1 Å². The minimum atomic E-state index is -0.191. The molecule has 0 aromatic carbocycles. The van der Waals surface area contributed by atoms with Crippen molar-refractivity contribution in [3.63, 3.8) is 0 Å². The van der Waals surface area contributed by atoms with Crippen LogP contribution in [0.15, 0.2) is 0 Å². The summed E-state index contributed by atoms with van der Waals surface area (Å²) < 4.78 is 0. The first-order chi connectivity index (χ1) is 8.42. The molecule has 1 aliphatic rings. The van der Waals surface area contributed by atoms with E-state index in [9.17, 15) is 4.79 Å². The lowest BCUT2D eigenvalue weighted by Gasteiger charge is -2.33. The summed E-state index contributed by atoms with van der Waals surface area (Å²) in [4.78, 5) is 12.5. The Labute approximate surface area is 112 Å². The standard InChI is InChI=1S/C15H30N2O/c1-6-12(4)9-13(5)17-14(18)15(11(2)3)7-8-16-10-15/h11-13,16H,6-10H2,1-5H3,(H,17,18). The third-order valence-electron chi connectivity index (χ3n) is 4.58. The van der Waals surface area contributed by atoms with Crippen LogP contribution >= 0.6 is 0 Å². The summed E-state index contributed by atoms with van der Waals surface area (Å²) in [5, 5.41) is 6.57. The summed E-state index contributed by atoms with van der Waals surface area (Å²) in [7, 11) is 0. The molecular weight excluding hydrogens is 224 g/mol. The van der Waals surface area contributed by atoms with Crippen molar-refractivity contribution in [3.8, 4) is 0 Å². The van der Waals surface area contributed by atoms with E-state index in [2.05, 4.69) is 45.3 Å². The molecule has 106 valence electrons. The van der Waals surface area contributed by atoms with Crippen LogP contribution in [-0.2, 0) is 4.79 Å². The van der Waals surface area contributed by atoms with Gasteiger partial charge in [0.2, 0.25) is 5.91 Å². The van der Waals surface area contributed by atoms with Gasteiger partial charge in [-0.1, -0.05) is 34.1 Å². The third kappa shape index (κ3) is 3.47. The molecule has 1 amide bonds. The number of carbonyl (C=O) groups excluding carboxylic acids is 1. The molecule has 0 bridgehead atoms. The Hall–Kier alpha value is -0.570. The van der Waals surface area contributed by atoms with Gasteiger partial charge in [0.15, 0.2) is 0 Å². The summed E-state index contributed by atoms with van der Waals surface area (Å²) in [6.07, 6.45) is 3.22. The molecule has 0 radical (unpaired) electrons. The van der Waals surface area contributed by atoms with Crippen molar-refractivity contribution >= 4 is 5.91 Å². The molecule has 0 spiro atoms. The van der Waals surface area contributed by atoms with E-state index in [4.69, 9.17) is 0 Å². The van der Waals surface area contributed by atoms with E-state index in [1.54, 1.807) is 0 Å². The van der Waals surface area contributed by atoms with E-state index in [1.165, 1.54) is 6.42 Å². The lowest BCUT2D eigenvalue weighted by Crippen LogP contribution is -2.49. The molecule has 0 saturated carbocycles. The highest BCUT2D eigenvalue weighted by Gasteiger charge is 2.44. The minimum absolute atomic E-state index is 0.191. The fraction of sp³-hybridized carbons (Fsp3) is 0.933. The van der Waals surface area contributed by atoms with E-state index in [0.29, 0.717) is 11.8 Å². The zero-order valence-electron chi connectivity index (χ0n) is 12.7. The number of amides is 1. The van der Waals surface area contributed by atoms with Crippen molar-refractivity contribution in [2.24, 2.45) is 17.3 Å². The number of rotatable bonds is 6. The minimum Gasteiger partial charge on any atom is -0.353 e. The second-order valence-electron chi connectivity index (χ2n) is 6.36. The normalized spacial score (nSPS) is 27.2. The van der Waals surface area contributed by atoms with Crippen LogP contribution in [0.25, 0.3) is 0 Å². The van der Waals surface area contributed by atoms with Crippen LogP contribution < -0.4 is 10.6 Å². The summed E-state index contributed by atoms with van der Waals surface area (Å²) in [6.45, 7) is 12.7. The molecule has 18 heavy (non-hydrogen) atoms. The smallest absolute Gasteiger partial charge is 0.228 e. The Bertz CT molecular complexity index is 270. The summed E-state index contributed by atoms with van der Waals surface area (Å²) in [5.41, 5.74) is -0.191. The van der Waals surface area contributed by atoms with Gasteiger partial charge >= 0.3 is 0 Å². The molecule has 1 aliphatic heterocycles. The monoisotopic (exact) mass is 254 g/mol.